The van der Waals surface area contributed by atoms with E-state index < -0.39 is 0 Å². The molecule has 0 aliphatic heterocycles. The van der Waals surface area contributed by atoms with E-state index in [1.807, 2.05) is 20.2 Å². The lowest BCUT2D eigenvalue weighted by Gasteiger charge is -1.89. The van der Waals surface area contributed by atoms with Crippen molar-refractivity contribution in [1.82, 2.24) is 14.8 Å². The van der Waals surface area contributed by atoms with Crippen molar-refractivity contribution in [2.24, 2.45) is 7.05 Å². The summed E-state index contributed by atoms with van der Waals surface area (Å²) >= 11 is 0. The van der Waals surface area contributed by atoms with E-state index in [0.29, 0.717) is 17.0 Å². The number of nitrogen functional groups attached to an aromatic ring is 1. The molecule has 16 heavy (non-hydrogen) atoms. The minimum atomic E-state index is 0.263. The van der Waals surface area contributed by atoms with E-state index in [1.165, 1.54) is 6.26 Å². The normalized spacial score (nSPS) is 11.4. The van der Waals surface area contributed by atoms with Gasteiger partial charge in [0.25, 0.3) is 0 Å². The molecular weight excluding hydrogens is 208 g/mol. The molecule has 6 heteroatoms. The zero-order chi connectivity index (χ0) is 11.3. The van der Waals surface area contributed by atoms with Gasteiger partial charge in [0.05, 0.1) is 0 Å². The number of nitrogens with zero attached hydrogens (tertiary/aromatic N) is 3. The molecule has 0 spiro atoms. The second-order valence-electron chi connectivity index (χ2n) is 3.67. The van der Waals surface area contributed by atoms with Gasteiger partial charge >= 0.3 is 0 Å². The Labute approximate surface area is 90.7 Å². The lowest BCUT2D eigenvalue weighted by Crippen LogP contribution is -1.88. The Balaban J connectivity index is 2.22. The van der Waals surface area contributed by atoms with Crippen molar-refractivity contribution in [3.63, 3.8) is 0 Å². The molecule has 0 saturated carbocycles. The first-order valence-corrected chi connectivity index (χ1v) is 4.79. The predicted octanol–water partition coefficient (Wildman–Crippen LogP) is 1.71. The SMILES string of the molecule is Cc1cn(C)nc1-c1nc2c(N)occ2o1. The summed E-state index contributed by atoms with van der Waals surface area (Å²) < 4.78 is 12.2. The number of furan rings is 1. The van der Waals surface area contributed by atoms with Gasteiger partial charge in [-0.3, -0.25) is 4.68 Å². The maximum atomic E-state index is 5.60. The fourth-order valence-electron chi connectivity index (χ4n) is 1.68. The minimum absolute atomic E-state index is 0.263. The second kappa shape index (κ2) is 2.88. The number of oxazole rings is 1. The van der Waals surface area contributed by atoms with Gasteiger partial charge < -0.3 is 14.6 Å². The molecule has 0 atom stereocenters. The van der Waals surface area contributed by atoms with Crippen molar-refractivity contribution in [1.29, 1.82) is 0 Å². The van der Waals surface area contributed by atoms with Crippen LogP contribution in [0.2, 0.25) is 0 Å². The number of anilines is 1. The van der Waals surface area contributed by atoms with Gasteiger partial charge in [0.1, 0.15) is 6.26 Å². The van der Waals surface area contributed by atoms with Crippen molar-refractivity contribution in [2.45, 2.75) is 6.92 Å². The molecule has 3 aromatic heterocycles. The number of hydrogen-bond donors (Lipinski definition) is 1. The van der Waals surface area contributed by atoms with Gasteiger partial charge in [-0.1, -0.05) is 0 Å². The van der Waals surface area contributed by atoms with Crippen LogP contribution >= 0.6 is 0 Å². The predicted molar refractivity (Wildman–Crippen MR) is 57.6 cm³/mol. The van der Waals surface area contributed by atoms with Gasteiger partial charge in [-0.25, -0.2) is 4.98 Å². The van der Waals surface area contributed by atoms with E-state index in [-0.39, 0.29) is 5.88 Å². The Kier molecular flexibility index (Phi) is 1.62. The number of nitrogens with two attached hydrogens (primary N) is 1. The van der Waals surface area contributed by atoms with Gasteiger partial charge in [0, 0.05) is 13.2 Å². The van der Waals surface area contributed by atoms with Crippen LogP contribution in [0.1, 0.15) is 5.56 Å². The molecule has 3 rings (SSSR count). The van der Waals surface area contributed by atoms with Crippen molar-refractivity contribution in [3.8, 4) is 11.6 Å². The molecule has 82 valence electrons. The summed E-state index contributed by atoms with van der Waals surface area (Å²) in [4.78, 5) is 4.26. The zero-order valence-corrected chi connectivity index (χ0v) is 8.89. The van der Waals surface area contributed by atoms with Crippen LogP contribution in [0.15, 0.2) is 21.3 Å². The summed E-state index contributed by atoms with van der Waals surface area (Å²) in [6.45, 7) is 1.95. The van der Waals surface area contributed by atoms with Gasteiger partial charge in [-0.2, -0.15) is 5.10 Å². The third-order valence-electron chi connectivity index (χ3n) is 2.39. The molecule has 0 radical (unpaired) electrons. The van der Waals surface area contributed by atoms with Crippen LogP contribution in [-0.4, -0.2) is 14.8 Å². The Morgan fingerprint density at radius 1 is 1.44 bits per heavy atom. The Hall–Kier alpha value is -2.24. The molecule has 3 heterocycles. The number of rotatable bonds is 1. The summed E-state index contributed by atoms with van der Waals surface area (Å²) in [6.07, 6.45) is 3.34. The van der Waals surface area contributed by atoms with E-state index in [1.54, 1.807) is 4.68 Å². The fraction of sp³-hybridized carbons (Fsp3) is 0.200. The molecule has 0 saturated heterocycles. The van der Waals surface area contributed by atoms with Gasteiger partial charge in [0.15, 0.2) is 16.8 Å². The molecule has 0 amide bonds. The highest BCUT2D eigenvalue weighted by atomic mass is 16.4. The summed E-state index contributed by atoms with van der Waals surface area (Å²) in [5.41, 5.74) is 8.40. The molecule has 2 N–H and O–H groups in total. The van der Waals surface area contributed by atoms with E-state index in [9.17, 15) is 0 Å². The highest BCUT2D eigenvalue weighted by molar-refractivity contribution is 5.84. The third kappa shape index (κ3) is 1.13. The van der Waals surface area contributed by atoms with Crippen LogP contribution < -0.4 is 5.73 Å². The van der Waals surface area contributed by atoms with Crippen LogP contribution in [0.4, 0.5) is 5.88 Å². The summed E-state index contributed by atoms with van der Waals surface area (Å²) in [5.74, 6) is 0.726. The lowest BCUT2D eigenvalue weighted by molar-refractivity contribution is 0.559. The van der Waals surface area contributed by atoms with Gasteiger partial charge in [0.2, 0.25) is 11.8 Å². The van der Waals surface area contributed by atoms with Crippen molar-refractivity contribution in [2.75, 3.05) is 5.73 Å². The smallest absolute Gasteiger partial charge is 0.248 e. The standard InChI is InChI=1S/C10H10N4O2/c1-5-3-14(2)13-7(5)10-12-8-6(16-10)4-15-9(8)11/h3-4H,11H2,1-2H3. The first kappa shape index (κ1) is 9.02. The number of aryl methyl sites for hydroxylation is 2. The van der Waals surface area contributed by atoms with Gasteiger partial charge in [-0.05, 0) is 12.5 Å². The summed E-state index contributed by atoms with van der Waals surface area (Å²) in [7, 11) is 1.85. The number of hydrogen-bond acceptors (Lipinski definition) is 5. The summed E-state index contributed by atoms with van der Waals surface area (Å²) in [6, 6.07) is 0. The third-order valence-corrected chi connectivity index (χ3v) is 2.39. The molecule has 0 aliphatic rings. The van der Waals surface area contributed by atoms with Crippen LogP contribution in [0.3, 0.4) is 0 Å². The van der Waals surface area contributed by atoms with Crippen LogP contribution in [-0.2, 0) is 7.05 Å². The van der Waals surface area contributed by atoms with Crippen molar-refractivity contribution >= 4 is 17.0 Å². The Bertz CT molecular complexity index is 662. The molecular formula is C10H10N4O2. The number of fused-ring (bicyclic) bond motifs is 1. The van der Waals surface area contributed by atoms with Crippen LogP contribution in [0, 0.1) is 6.92 Å². The van der Waals surface area contributed by atoms with E-state index in [0.717, 1.165) is 11.3 Å². The van der Waals surface area contributed by atoms with Crippen LogP contribution in [0.5, 0.6) is 0 Å². The highest BCUT2D eigenvalue weighted by Crippen LogP contribution is 2.29. The first-order valence-electron chi connectivity index (χ1n) is 4.79. The number of aromatic nitrogens is 3. The first-order chi connectivity index (χ1) is 7.65. The van der Waals surface area contributed by atoms with Crippen LogP contribution in [0.25, 0.3) is 22.7 Å². The van der Waals surface area contributed by atoms with E-state index >= 15 is 0 Å². The maximum Gasteiger partial charge on any atom is 0.248 e. The molecule has 0 aliphatic carbocycles. The lowest BCUT2D eigenvalue weighted by atomic mass is 10.3. The molecule has 0 aromatic carbocycles. The largest absolute Gasteiger partial charge is 0.443 e. The average molecular weight is 218 g/mol. The Morgan fingerprint density at radius 3 is 2.88 bits per heavy atom. The van der Waals surface area contributed by atoms with Crippen molar-refractivity contribution in [3.05, 3.63) is 18.0 Å². The van der Waals surface area contributed by atoms with Gasteiger partial charge in [-0.15, -0.1) is 0 Å². The average Bonchev–Trinajstić information content (AvgIpc) is 2.84. The monoisotopic (exact) mass is 218 g/mol. The Morgan fingerprint density at radius 2 is 2.25 bits per heavy atom. The fourth-order valence-corrected chi connectivity index (χ4v) is 1.68. The molecule has 0 bridgehead atoms. The zero-order valence-electron chi connectivity index (χ0n) is 8.89. The van der Waals surface area contributed by atoms with E-state index in [4.69, 9.17) is 14.6 Å². The molecule has 6 nitrogen and oxygen atoms in total. The minimum Gasteiger partial charge on any atom is -0.443 e. The molecule has 3 aromatic rings. The quantitative estimate of drug-likeness (QED) is 0.672. The molecule has 0 unspecified atom stereocenters. The van der Waals surface area contributed by atoms with Crippen molar-refractivity contribution < 1.29 is 8.83 Å². The highest BCUT2D eigenvalue weighted by Gasteiger charge is 2.17. The van der Waals surface area contributed by atoms with E-state index in [2.05, 4.69) is 10.1 Å². The summed E-state index contributed by atoms with van der Waals surface area (Å²) in [5, 5.41) is 4.27. The second-order valence-corrected chi connectivity index (χ2v) is 3.67. The topological polar surface area (TPSA) is 83.0 Å². The maximum absolute atomic E-state index is 5.60. The molecule has 0 fully saturated rings.